The quantitative estimate of drug-likeness (QED) is 0.775. The second kappa shape index (κ2) is 4.42. The smallest absolute Gasteiger partial charge is 0.0422 e. The van der Waals surface area contributed by atoms with E-state index < -0.39 is 0 Å². The standard InChI is InChI=1S/C11H22N2S/c1-13(10-4-2-5-10)11(8-12)6-3-7-14-9-11/h10H,2-9,12H2,1H3. The van der Waals surface area contributed by atoms with Crippen molar-refractivity contribution < 1.29 is 0 Å². The van der Waals surface area contributed by atoms with Crippen LogP contribution in [0.2, 0.25) is 0 Å². The first-order valence-corrected chi connectivity index (χ1v) is 6.95. The Balaban J connectivity index is 2.01. The van der Waals surface area contributed by atoms with E-state index in [0.717, 1.165) is 12.6 Å². The van der Waals surface area contributed by atoms with Crippen molar-refractivity contribution in [1.82, 2.24) is 4.90 Å². The zero-order chi connectivity index (χ0) is 10.0. The van der Waals surface area contributed by atoms with Gasteiger partial charge < -0.3 is 5.73 Å². The van der Waals surface area contributed by atoms with Gasteiger partial charge in [-0.1, -0.05) is 6.42 Å². The molecule has 1 aliphatic carbocycles. The Morgan fingerprint density at radius 2 is 2.21 bits per heavy atom. The van der Waals surface area contributed by atoms with Gasteiger partial charge in [0.25, 0.3) is 0 Å². The molecule has 0 aromatic heterocycles. The summed E-state index contributed by atoms with van der Waals surface area (Å²) in [6.45, 7) is 0.840. The molecule has 2 nitrogen and oxygen atoms in total. The molecule has 0 bridgehead atoms. The van der Waals surface area contributed by atoms with E-state index in [9.17, 15) is 0 Å². The monoisotopic (exact) mass is 214 g/mol. The molecule has 0 spiro atoms. The van der Waals surface area contributed by atoms with Gasteiger partial charge in [0.1, 0.15) is 0 Å². The second-order valence-corrected chi connectivity index (χ2v) is 5.89. The van der Waals surface area contributed by atoms with Gasteiger partial charge in [-0.2, -0.15) is 11.8 Å². The van der Waals surface area contributed by atoms with E-state index >= 15 is 0 Å². The van der Waals surface area contributed by atoms with Crippen molar-refractivity contribution in [3.8, 4) is 0 Å². The minimum atomic E-state index is 0.327. The maximum Gasteiger partial charge on any atom is 0.0422 e. The van der Waals surface area contributed by atoms with Crippen molar-refractivity contribution in [2.24, 2.45) is 5.73 Å². The topological polar surface area (TPSA) is 29.3 Å². The fourth-order valence-electron chi connectivity index (χ4n) is 2.58. The van der Waals surface area contributed by atoms with Gasteiger partial charge in [-0.15, -0.1) is 0 Å². The van der Waals surface area contributed by atoms with E-state index in [1.165, 1.54) is 43.6 Å². The van der Waals surface area contributed by atoms with E-state index in [0.29, 0.717) is 5.54 Å². The van der Waals surface area contributed by atoms with E-state index in [2.05, 4.69) is 23.7 Å². The summed E-state index contributed by atoms with van der Waals surface area (Å²) in [7, 11) is 2.29. The molecule has 2 rings (SSSR count). The minimum absolute atomic E-state index is 0.327. The predicted octanol–water partition coefficient (Wildman–Crippen LogP) is 1.70. The molecule has 82 valence electrons. The summed E-state index contributed by atoms with van der Waals surface area (Å²) in [6.07, 6.45) is 6.86. The highest BCUT2D eigenvalue weighted by molar-refractivity contribution is 7.99. The number of hydrogen-bond donors (Lipinski definition) is 1. The van der Waals surface area contributed by atoms with Gasteiger partial charge in [-0.3, -0.25) is 4.90 Å². The van der Waals surface area contributed by atoms with Crippen LogP contribution in [0.25, 0.3) is 0 Å². The molecule has 2 aliphatic rings. The summed E-state index contributed by atoms with van der Waals surface area (Å²) in [4.78, 5) is 2.60. The molecule has 2 fully saturated rings. The van der Waals surface area contributed by atoms with Crippen molar-refractivity contribution in [3.63, 3.8) is 0 Å². The Morgan fingerprint density at radius 1 is 1.43 bits per heavy atom. The molecule has 3 heteroatoms. The molecule has 1 saturated heterocycles. The summed E-state index contributed by atoms with van der Waals surface area (Å²) in [6, 6.07) is 0.831. The lowest BCUT2D eigenvalue weighted by molar-refractivity contribution is 0.0452. The van der Waals surface area contributed by atoms with Gasteiger partial charge in [-0.05, 0) is 38.5 Å². The molecule has 0 aromatic rings. The van der Waals surface area contributed by atoms with Crippen molar-refractivity contribution in [3.05, 3.63) is 0 Å². The minimum Gasteiger partial charge on any atom is -0.329 e. The van der Waals surface area contributed by atoms with E-state index in [-0.39, 0.29) is 0 Å². The number of thioether (sulfide) groups is 1. The molecule has 0 amide bonds. The number of nitrogens with two attached hydrogens (primary N) is 1. The Labute approximate surface area is 91.6 Å². The van der Waals surface area contributed by atoms with E-state index in [1.807, 2.05) is 0 Å². The Kier molecular flexibility index (Phi) is 3.40. The van der Waals surface area contributed by atoms with Crippen LogP contribution in [-0.2, 0) is 0 Å². The van der Waals surface area contributed by atoms with Crippen LogP contribution in [0.5, 0.6) is 0 Å². The lowest BCUT2D eigenvalue weighted by Gasteiger charge is -2.50. The van der Waals surface area contributed by atoms with Crippen LogP contribution >= 0.6 is 11.8 Å². The Bertz CT molecular complexity index is 186. The Morgan fingerprint density at radius 3 is 2.64 bits per heavy atom. The summed E-state index contributed by atoms with van der Waals surface area (Å²) in [5.74, 6) is 2.58. The van der Waals surface area contributed by atoms with Gasteiger partial charge >= 0.3 is 0 Å². The second-order valence-electron chi connectivity index (χ2n) is 4.78. The van der Waals surface area contributed by atoms with Crippen LogP contribution in [-0.4, -0.2) is 41.6 Å². The fourth-order valence-corrected chi connectivity index (χ4v) is 3.92. The molecular weight excluding hydrogens is 192 g/mol. The molecule has 1 unspecified atom stereocenters. The number of rotatable bonds is 3. The maximum atomic E-state index is 6.00. The zero-order valence-electron chi connectivity index (χ0n) is 9.17. The van der Waals surface area contributed by atoms with Crippen molar-refractivity contribution in [1.29, 1.82) is 0 Å². The van der Waals surface area contributed by atoms with Crippen LogP contribution in [0.15, 0.2) is 0 Å². The lowest BCUT2D eigenvalue weighted by atomic mass is 9.85. The molecule has 1 atom stereocenters. The van der Waals surface area contributed by atoms with Crippen LogP contribution in [0, 0.1) is 0 Å². The number of nitrogens with zero attached hydrogens (tertiary/aromatic N) is 1. The molecule has 0 aromatic carbocycles. The third kappa shape index (κ3) is 1.82. The molecule has 0 radical (unpaired) electrons. The number of likely N-dealkylation sites (N-methyl/N-ethyl adjacent to an activating group) is 1. The van der Waals surface area contributed by atoms with Gasteiger partial charge in [0.2, 0.25) is 0 Å². The summed E-state index contributed by atoms with van der Waals surface area (Å²) in [5, 5.41) is 0. The molecule has 14 heavy (non-hydrogen) atoms. The molecular formula is C11H22N2S. The van der Waals surface area contributed by atoms with Crippen LogP contribution in [0.4, 0.5) is 0 Å². The third-order valence-electron chi connectivity index (χ3n) is 4.05. The molecule has 1 saturated carbocycles. The first-order chi connectivity index (χ1) is 6.78. The molecule has 1 heterocycles. The largest absolute Gasteiger partial charge is 0.329 e. The van der Waals surface area contributed by atoms with Gasteiger partial charge in [0.05, 0.1) is 0 Å². The van der Waals surface area contributed by atoms with Crippen molar-refractivity contribution in [2.75, 3.05) is 25.1 Å². The number of hydrogen-bond acceptors (Lipinski definition) is 3. The highest BCUT2D eigenvalue weighted by atomic mass is 32.2. The SMILES string of the molecule is CN(C1CCC1)C1(CN)CCCSC1. The van der Waals surface area contributed by atoms with E-state index in [1.54, 1.807) is 0 Å². The summed E-state index contributed by atoms with van der Waals surface area (Å²) < 4.78 is 0. The van der Waals surface area contributed by atoms with Crippen molar-refractivity contribution in [2.45, 2.75) is 43.7 Å². The lowest BCUT2D eigenvalue weighted by Crippen LogP contribution is -2.60. The highest BCUT2D eigenvalue weighted by Crippen LogP contribution is 2.36. The first-order valence-electron chi connectivity index (χ1n) is 5.79. The maximum absolute atomic E-state index is 6.00. The average molecular weight is 214 g/mol. The van der Waals surface area contributed by atoms with Gasteiger partial charge in [0, 0.05) is 23.9 Å². The highest BCUT2D eigenvalue weighted by Gasteiger charge is 2.39. The van der Waals surface area contributed by atoms with Crippen LogP contribution in [0.3, 0.4) is 0 Å². The van der Waals surface area contributed by atoms with Crippen LogP contribution in [0.1, 0.15) is 32.1 Å². The molecule has 1 aliphatic heterocycles. The van der Waals surface area contributed by atoms with Gasteiger partial charge in [-0.25, -0.2) is 0 Å². The molecule has 2 N–H and O–H groups in total. The Hall–Kier alpha value is 0.270. The zero-order valence-corrected chi connectivity index (χ0v) is 9.98. The fraction of sp³-hybridized carbons (Fsp3) is 1.00. The average Bonchev–Trinajstić information content (AvgIpc) is 2.16. The summed E-state index contributed by atoms with van der Waals surface area (Å²) >= 11 is 2.09. The van der Waals surface area contributed by atoms with Crippen LogP contribution < -0.4 is 5.73 Å². The predicted molar refractivity (Wildman–Crippen MR) is 63.7 cm³/mol. The first kappa shape index (κ1) is 10.8. The summed E-state index contributed by atoms with van der Waals surface area (Å²) in [5.41, 5.74) is 6.33. The normalized spacial score (nSPS) is 34.5. The van der Waals surface area contributed by atoms with Gasteiger partial charge in [0.15, 0.2) is 0 Å². The third-order valence-corrected chi connectivity index (χ3v) is 5.37. The van der Waals surface area contributed by atoms with Crippen molar-refractivity contribution >= 4 is 11.8 Å². The van der Waals surface area contributed by atoms with E-state index in [4.69, 9.17) is 5.73 Å².